The van der Waals surface area contributed by atoms with E-state index in [0.717, 1.165) is 22.4 Å². The zero-order valence-electron chi connectivity index (χ0n) is 21.3. The van der Waals surface area contributed by atoms with Gasteiger partial charge in [-0.05, 0) is 53.7 Å². The van der Waals surface area contributed by atoms with Gasteiger partial charge in [-0.1, -0.05) is 53.7 Å². The SMILES string of the molecule is [2H]C([2H])([2H])c1c[n+](C)c(-c2cc(C([2H])([2H])C(C)(C)C)ccc2C)cc1C(C)(C)C. The second-order valence-electron chi connectivity index (χ2n) is 8.75. The molecule has 24 heavy (non-hydrogen) atoms. The molecule has 0 N–H and O–H groups in total. The summed E-state index contributed by atoms with van der Waals surface area (Å²) in [7, 11) is 1.85. The maximum Gasteiger partial charge on any atom is 0.212 e. The lowest BCUT2D eigenvalue weighted by molar-refractivity contribution is -0.660. The highest BCUT2D eigenvalue weighted by atomic mass is 14.9. The summed E-state index contributed by atoms with van der Waals surface area (Å²) in [6.45, 7) is 11.6. The predicted molar refractivity (Wildman–Crippen MR) is 104 cm³/mol. The van der Waals surface area contributed by atoms with E-state index in [4.69, 9.17) is 6.85 Å². The summed E-state index contributed by atoms with van der Waals surface area (Å²) < 4.78 is 43.0. The van der Waals surface area contributed by atoms with Crippen LogP contribution in [0.3, 0.4) is 0 Å². The van der Waals surface area contributed by atoms with Crippen molar-refractivity contribution in [2.75, 3.05) is 0 Å². The molecule has 1 aromatic heterocycles. The van der Waals surface area contributed by atoms with Gasteiger partial charge >= 0.3 is 0 Å². The zero-order chi connectivity index (χ0) is 22.6. The highest BCUT2D eigenvalue weighted by Gasteiger charge is 2.23. The predicted octanol–water partition coefficient (Wildman–Crippen LogP) is 5.68. The zero-order valence-corrected chi connectivity index (χ0v) is 16.3. The molecule has 0 atom stereocenters. The van der Waals surface area contributed by atoms with Gasteiger partial charge in [0.1, 0.15) is 7.05 Å². The minimum absolute atomic E-state index is 0.335. The van der Waals surface area contributed by atoms with E-state index < -0.39 is 18.6 Å². The van der Waals surface area contributed by atoms with Gasteiger partial charge in [-0.3, -0.25) is 0 Å². The Balaban J connectivity index is 2.81. The van der Waals surface area contributed by atoms with Gasteiger partial charge in [0.05, 0.1) is 0 Å². The number of aryl methyl sites for hydroxylation is 3. The van der Waals surface area contributed by atoms with Crippen molar-refractivity contribution >= 4 is 0 Å². The number of aromatic nitrogens is 1. The molecular weight excluding hydrogens is 290 g/mol. The van der Waals surface area contributed by atoms with Crippen LogP contribution in [0.1, 0.15) is 70.7 Å². The minimum atomic E-state index is -2.19. The Bertz CT molecular complexity index is 913. The fraction of sp³-hybridized carbons (Fsp3) is 0.522. The molecule has 2 aromatic rings. The van der Waals surface area contributed by atoms with Crippen LogP contribution in [-0.4, -0.2) is 0 Å². The van der Waals surface area contributed by atoms with Gasteiger partial charge in [-0.25, -0.2) is 4.57 Å². The van der Waals surface area contributed by atoms with Crippen LogP contribution in [0.4, 0.5) is 0 Å². The first-order valence-corrected chi connectivity index (χ1v) is 8.53. The third kappa shape index (κ3) is 4.26. The van der Waals surface area contributed by atoms with Crippen molar-refractivity contribution in [3.8, 4) is 11.3 Å². The maximum absolute atomic E-state index is 8.65. The second kappa shape index (κ2) is 6.35. The highest BCUT2D eigenvalue weighted by molar-refractivity contribution is 5.63. The van der Waals surface area contributed by atoms with Crippen molar-refractivity contribution in [2.45, 2.75) is 67.1 Å². The van der Waals surface area contributed by atoms with E-state index in [1.165, 1.54) is 0 Å². The van der Waals surface area contributed by atoms with Crippen LogP contribution in [0, 0.1) is 19.2 Å². The van der Waals surface area contributed by atoms with Crippen LogP contribution in [-0.2, 0) is 18.8 Å². The summed E-state index contributed by atoms with van der Waals surface area (Å²) in [5.41, 5.74) is 3.71. The maximum atomic E-state index is 8.65. The van der Waals surface area contributed by atoms with E-state index in [9.17, 15) is 0 Å². The standard InChI is InChI=1S/C23H34N/c1-16-10-11-18(14-22(3,4)5)12-19(16)21-13-20(23(6,7)8)17(2)15-24(21)9/h10-13,15H,14H2,1-9H3/q+1/i2D3,14D2. The van der Waals surface area contributed by atoms with Crippen molar-refractivity contribution in [2.24, 2.45) is 12.5 Å². The van der Waals surface area contributed by atoms with Gasteiger partial charge < -0.3 is 0 Å². The Kier molecular flexibility index (Phi) is 3.36. The van der Waals surface area contributed by atoms with E-state index in [2.05, 4.69) is 0 Å². The number of benzene rings is 1. The largest absolute Gasteiger partial charge is 0.212 e. The molecule has 0 saturated heterocycles. The molecule has 0 fully saturated rings. The number of nitrogens with zero attached hydrogens (tertiary/aromatic N) is 1. The molecule has 0 aliphatic carbocycles. The molecular formula is C23H34N+. The number of pyridine rings is 1. The first kappa shape index (κ1) is 12.7. The molecule has 0 saturated carbocycles. The Morgan fingerprint density at radius 1 is 1.04 bits per heavy atom. The molecule has 0 spiro atoms. The molecule has 1 nitrogen and oxygen atoms in total. The minimum Gasteiger partial charge on any atom is -0.201 e. The fourth-order valence-electron chi connectivity index (χ4n) is 2.95. The number of hydrogen-bond acceptors (Lipinski definition) is 0. The quantitative estimate of drug-likeness (QED) is 0.624. The van der Waals surface area contributed by atoms with Crippen molar-refractivity contribution in [3.05, 3.63) is 52.7 Å². The normalized spacial score (nSPS) is 16.8. The average molecular weight is 330 g/mol. The monoisotopic (exact) mass is 329 g/mol. The van der Waals surface area contributed by atoms with Gasteiger partial charge in [-0.15, -0.1) is 0 Å². The Morgan fingerprint density at radius 2 is 1.71 bits per heavy atom. The topological polar surface area (TPSA) is 3.88 Å². The van der Waals surface area contributed by atoms with Crippen molar-refractivity contribution < 1.29 is 11.4 Å². The van der Waals surface area contributed by atoms with Crippen LogP contribution in [0.2, 0.25) is 0 Å². The highest BCUT2D eigenvalue weighted by Crippen LogP contribution is 2.31. The first-order valence-electron chi connectivity index (χ1n) is 11.0. The third-order valence-electron chi connectivity index (χ3n) is 4.11. The van der Waals surface area contributed by atoms with Crippen molar-refractivity contribution in [3.63, 3.8) is 0 Å². The Morgan fingerprint density at radius 3 is 2.25 bits per heavy atom. The van der Waals surface area contributed by atoms with Gasteiger partial charge in [0.2, 0.25) is 5.69 Å². The summed E-state index contributed by atoms with van der Waals surface area (Å²) in [4.78, 5) is 0. The molecule has 0 amide bonds. The van der Waals surface area contributed by atoms with Crippen LogP contribution in [0.5, 0.6) is 0 Å². The molecule has 0 aliphatic rings. The Labute approximate surface area is 155 Å². The van der Waals surface area contributed by atoms with Gasteiger partial charge in [-0.2, -0.15) is 0 Å². The van der Waals surface area contributed by atoms with E-state index >= 15 is 0 Å². The van der Waals surface area contributed by atoms with Crippen LogP contribution >= 0.6 is 0 Å². The van der Waals surface area contributed by atoms with Crippen LogP contribution in [0.25, 0.3) is 11.3 Å². The lowest BCUT2D eigenvalue weighted by Gasteiger charge is -2.22. The number of hydrogen-bond donors (Lipinski definition) is 0. The van der Waals surface area contributed by atoms with Crippen molar-refractivity contribution in [1.29, 1.82) is 0 Å². The molecule has 1 heteroatoms. The molecule has 0 unspecified atom stereocenters. The average Bonchev–Trinajstić information content (AvgIpc) is 2.52. The lowest BCUT2D eigenvalue weighted by atomic mass is 9.83. The summed E-state index contributed by atoms with van der Waals surface area (Å²) in [6.07, 6.45) is 0.201. The van der Waals surface area contributed by atoms with Gasteiger partial charge in [0, 0.05) is 24.0 Å². The van der Waals surface area contributed by atoms with Gasteiger partial charge in [0.15, 0.2) is 6.20 Å². The molecule has 0 radical (unpaired) electrons. The van der Waals surface area contributed by atoms with E-state index in [1.807, 2.05) is 84.3 Å². The Hall–Kier alpha value is -1.63. The summed E-state index contributed by atoms with van der Waals surface area (Å²) in [5.74, 6) is 0. The molecule has 1 heterocycles. The lowest BCUT2D eigenvalue weighted by Crippen LogP contribution is -2.33. The summed E-state index contributed by atoms with van der Waals surface area (Å²) >= 11 is 0. The molecule has 2 rings (SSSR count). The smallest absolute Gasteiger partial charge is 0.201 e. The first-order chi connectivity index (χ1) is 12.9. The molecule has 0 bridgehead atoms. The summed E-state index contributed by atoms with van der Waals surface area (Å²) in [5, 5.41) is 0. The molecule has 130 valence electrons. The second-order valence-corrected chi connectivity index (χ2v) is 8.75. The van der Waals surface area contributed by atoms with Crippen LogP contribution < -0.4 is 4.57 Å². The van der Waals surface area contributed by atoms with E-state index in [1.54, 1.807) is 6.20 Å². The number of rotatable bonds is 2. The van der Waals surface area contributed by atoms with Gasteiger partial charge in [0.25, 0.3) is 0 Å². The fourth-order valence-corrected chi connectivity index (χ4v) is 2.95. The van der Waals surface area contributed by atoms with E-state index in [0.29, 0.717) is 11.1 Å². The van der Waals surface area contributed by atoms with Crippen LogP contribution in [0.15, 0.2) is 30.5 Å². The van der Waals surface area contributed by atoms with E-state index in [-0.39, 0.29) is 5.41 Å². The molecule has 1 aromatic carbocycles. The molecule has 0 aliphatic heterocycles. The third-order valence-corrected chi connectivity index (χ3v) is 4.11. The summed E-state index contributed by atoms with van der Waals surface area (Å²) in [6, 6.07) is 7.67. The van der Waals surface area contributed by atoms with Crippen molar-refractivity contribution in [1.82, 2.24) is 0 Å².